The van der Waals surface area contributed by atoms with E-state index < -0.39 is 0 Å². The molecule has 1 aromatic carbocycles. The summed E-state index contributed by atoms with van der Waals surface area (Å²) >= 11 is 1.36. The molecule has 0 fully saturated rings. The summed E-state index contributed by atoms with van der Waals surface area (Å²) in [4.78, 5) is 0. The van der Waals surface area contributed by atoms with Crippen molar-refractivity contribution in [3.05, 3.63) is 36.0 Å². The van der Waals surface area contributed by atoms with Crippen LogP contribution in [-0.4, -0.2) is 16.7 Å². The summed E-state index contributed by atoms with van der Waals surface area (Å²) in [7, 11) is 1.69. The van der Waals surface area contributed by atoms with Crippen LogP contribution in [0.15, 0.2) is 30.5 Å². The van der Waals surface area contributed by atoms with E-state index in [9.17, 15) is 0 Å². The zero-order chi connectivity index (χ0) is 12.1. The Kier molecular flexibility index (Phi) is 3.93. The molecular formula is C12H15N3OS. The number of benzene rings is 1. The van der Waals surface area contributed by atoms with Crippen LogP contribution in [0.25, 0.3) is 0 Å². The Bertz CT molecular complexity index is 459. The number of nitrogens with one attached hydrogen (secondary N) is 1. The van der Waals surface area contributed by atoms with Crippen molar-refractivity contribution in [3.8, 4) is 5.75 Å². The van der Waals surface area contributed by atoms with Crippen LogP contribution in [0.4, 0.5) is 5.00 Å². The van der Waals surface area contributed by atoms with Crippen molar-refractivity contribution in [2.45, 2.75) is 19.4 Å². The number of hydrogen-bond donors (Lipinski definition) is 1. The summed E-state index contributed by atoms with van der Waals surface area (Å²) in [6.45, 7) is 2.14. The quantitative estimate of drug-likeness (QED) is 0.884. The number of para-hydroxylation sites is 1. The van der Waals surface area contributed by atoms with E-state index in [0.717, 1.165) is 22.7 Å². The second-order valence-corrected chi connectivity index (χ2v) is 4.41. The van der Waals surface area contributed by atoms with Gasteiger partial charge in [0.25, 0.3) is 0 Å². The molecular weight excluding hydrogens is 234 g/mol. The summed E-state index contributed by atoms with van der Waals surface area (Å²) in [5.74, 6) is 0.907. The molecule has 0 saturated carbocycles. The Labute approximate surface area is 105 Å². The lowest BCUT2D eigenvalue weighted by molar-refractivity contribution is 0.406. The van der Waals surface area contributed by atoms with Crippen LogP contribution in [0.2, 0.25) is 0 Å². The molecule has 4 nitrogen and oxygen atoms in total. The molecule has 1 N–H and O–H groups in total. The van der Waals surface area contributed by atoms with E-state index in [-0.39, 0.29) is 6.04 Å². The molecule has 17 heavy (non-hydrogen) atoms. The van der Waals surface area contributed by atoms with E-state index in [1.165, 1.54) is 11.5 Å². The second kappa shape index (κ2) is 5.63. The first kappa shape index (κ1) is 11.9. The third-order valence-electron chi connectivity index (χ3n) is 2.60. The Morgan fingerprint density at radius 2 is 2.24 bits per heavy atom. The lowest BCUT2D eigenvalue weighted by Gasteiger charge is -2.19. The van der Waals surface area contributed by atoms with Crippen LogP contribution in [-0.2, 0) is 0 Å². The van der Waals surface area contributed by atoms with E-state index in [2.05, 4.69) is 27.9 Å². The molecule has 1 aromatic heterocycles. The van der Waals surface area contributed by atoms with Crippen molar-refractivity contribution in [2.75, 3.05) is 12.4 Å². The predicted octanol–water partition coefficient (Wildman–Crippen LogP) is 3.11. The van der Waals surface area contributed by atoms with E-state index in [1.807, 2.05) is 18.2 Å². The highest BCUT2D eigenvalue weighted by atomic mass is 32.1. The van der Waals surface area contributed by atoms with Crippen molar-refractivity contribution >= 4 is 16.5 Å². The molecule has 1 heterocycles. The van der Waals surface area contributed by atoms with Gasteiger partial charge in [0, 0.05) is 17.1 Å². The normalized spacial score (nSPS) is 12.1. The molecule has 2 rings (SSSR count). The van der Waals surface area contributed by atoms with Crippen LogP contribution < -0.4 is 10.1 Å². The van der Waals surface area contributed by atoms with E-state index in [4.69, 9.17) is 4.74 Å². The SMILES string of the molecule is CCC(Nc1cnns1)c1ccccc1OC. The number of methoxy groups -OCH3 is 1. The molecule has 0 bridgehead atoms. The number of aromatic nitrogens is 2. The predicted molar refractivity (Wildman–Crippen MR) is 69.6 cm³/mol. The molecule has 5 heteroatoms. The summed E-state index contributed by atoms with van der Waals surface area (Å²) in [6, 6.07) is 8.27. The van der Waals surface area contributed by atoms with Gasteiger partial charge in [-0.15, -0.1) is 5.10 Å². The second-order valence-electron chi connectivity index (χ2n) is 3.63. The van der Waals surface area contributed by atoms with Crippen molar-refractivity contribution in [2.24, 2.45) is 0 Å². The Balaban J connectivity index is 2.22. The maximum Gasteiger partial charge on any atom is 0.130 e. The van der Waals surface area contributed by atoms with Gasteiger partial charge in [0.05, 0.1) is 19.3 Å². The van der Waals surface area contributed by atoms with Crippen LogP contribution in [0.5, 0.6) is 5.75 Å². The van der Waals surface area contributed by atoms with Crippen molar-refractivity contribution < 1.29 is 4.74 Å². The first-order chi connectivity index (χ1) is 8.35. The number of rotatable bonds is 5. The van der Waals surface area contributed by atoms with Crippen LogP contribution in [0, 0.1) is 0 Å². The van der Waals surface area contributed by atoms with Gasteiger partial charge >= 0.3 is 0 Å². The van der Waals surface area contributed by atoms with Crippen LogP contribution in [0.1, 0.15) is 24.9 Å². The zero-order valence-electron chi connectivity index (χ0n) is 9.88. The van der Waals surface area contributed by atoms with Gasteiger partial charge in [-0.3, -0.25) is 0 Å². The van der Waals surface area contributed by atoms with E-state index in [0.29, 0.717) is 0 Å². The van der Waals surface area contributed by atoms with Gasteiger partial charge < -0.3 is 10.1 Å². The number of nitrogens with zero attached hydrogens (tertiary/aromatic N) is 2. The molecule has 0 amide bonds. The average Bonchev–Trinajstić information content (AvgIpc) is 2.89. The highest BCUT2D eigenvalue weighted by Crippen LogP contribution is 2.30. The fourth-order valence-electron chi connectivity index (χ4n) is 1.76. The summed E-state index contributed by atoms with van der Waals surface area (Å²) in [6.07, 6.45) is 2.71. The van der Waals surface area contributed by atoms with Gasteiger partial charge in [-0.05, 0) is 12.5 Å². The first-order valence-electron chi connectivity index (χ1n) is 5.52. The minimum absolute atomic E-state index is 0.216. The Hall–Kier alpha value is -1.62. The molecule has 2 aromatic rings. The van der Waals surface area contributed by atoms with Gasteiger partial charge in [0.15, 0.2) is 0 Å². The van der Waals surface area contributed by atoms with Gasteiger partial charge in [-0.1, -0.05) is 29.6 Å². The molecule has 1 unspecified atom stereocenters. The maximum absolute atomic E-state index is 5.38. The van der Waals surface area contributed by atoms with E-state index in [1.54, 1.807) is 13.3 Å². The summed E-state index contributed by atoms with van der Waals surface area (Å²) < 4.78 is 9.22. The molecule has 0 aliphatic carbocycles. The molecule has 0 aliphatic rings. The molecule has 90 valence electrons. The lowest BCUT2D eigenvalue weighted by atomic mass is 10.0. The zero-order valence-corrected chi connectivity index (χ0v) is 10.7. The first-order valence-corrected chi connectivity index (χ1v) is 6.29. The van der Waals surface area contributed by atoms with Crippen molar-refractivity contribution in [1.82, 2.24) is 9.59 Å². The van der Waals surface area contributed by atoms with Gasteiger partial charge in [-0.25, -0.2) is 0 Å². The minimum atomic E-state index is 0.216. The van der Waals surface area contributed by atoms with Crippen LogP contribution >= 0.6 is 11.5 Å². The minimum Gasteiger partial charge on any atom is -0.496 e. The Morgan fingerprint density at radius 3 is 2.88 bits per heavy atom. The monoisotopic (exact) mass is 249 g/mol. The third-order valence-corrected chi connectivity index (χ3v) is 3.20. The number of anilines is 1. The summed E-state index contributed by atoms with van der Waals surface area (Å²) in [5, 5.41) is 8.21. The maximum atomic E-state index is 5.38. The van der Waals surface area contributed by atoms with E-state index >= 15 is 0 Å². The molecule has 0 radical (unpaired) electrons. The summed E-state index contributed by atoms with van der Waals surface area (Å²) in [5.41, 5.74) is 1.16. The molecule has 0 saturated heterocycles. The standard InChI is InChI=1S/C12H15N3OS/c1-3-10(14-12-8-13-15-17-12)9-6-4-5-7-11(9)16-2/h4-8,10,14H,3H2,1-2H3. The van der Waals surface area contributed by atoms with Crippen molar-refractivity contribution in [1.29, 1.82) is 0 Å². The number of ether oxygens (including phenoxy) is 1. The highest BCUT2D eigenvalue weighted by molar-refractivity contribution is 7.09. The number of hydrogen-bond acceptors (Lipinski definition) is 5. The molecule has 0 spiro atoms. The third kappa shape index (κ3) is 2.74. The fraction of sp³-hybridized carbons (Fsp3) is 0.333. The lowest BCUT2D eigenvalue weighted by Crippen LogP contribution is -2.10. The average molecular weight is 249 g/mol. The molecule has 1 atom stereocenters. The van der Waals surface area contributed by atoms with Crippen molar-refractivity contribution in [3.63, 3.8) is 0 Å². The fourth-order valence-corrected chi connectivity index (χ4v) is 2.23. The topological polar surface area (TPSA) is 47.0 Å². The smallest absolute Gasteiger partial charge is 0.130 e. The Morgan fingerprint density at radius 1 is 1.41 bits per heavy atom. The van der Waals surface area contributed by atoms with Gasteiger partial charge in [0.2, 0.25) is 0 Å². The van der Waals surface area contributed by atoms with Crippen LogP contribution in [0.3, 0.4) is 0 Å². The largest absolute Gasteiger partial charge is 0.496 e. The molecule has 0 aliphatic heterocycles. The van der Waals surface area contributed by atoms with Gasteiger partial charge in [0.1, 0.15) is 10.8 Å². The van der Waals surface area contributed by atoms with Gasteiger partial charge in [-0.2, -0.15) is 0 Å². The highest BCUT2D eigenvalue weighted by Gasteiger charge is 2.14.